The second-order valence-corrected chi connectivity index (χ2v) is 8.47. The molecule has 0 fully saturated rings. The molecule has 3 aromatic rings. The molecule has 132 valence electrons. The summed E-state index contributed by atoms with van der Waals surface area (Å²) < 4.78 is 39.5. The Hall–Kier alpha value is -2.76. The Morgan fingerprint density at radius 2 is 2.04 bits per heavy atom. The molecule has 8 heteroatoms. The first-order valence-electron chi connectivity index (χ1n) is 7.42. The number of hydrogen-bond donors (Lipinski definition) is 0. The molecule has 5 nitrogen and oxygen atoms in total. The Bertz CT molecular complexity index is 1230. The molecule has 0 saturated carbocycles. The maximum Gasteiger partial charge on any atom is 0.280 e. The Kier molecular flexibility index (Phi) is 4.76. The van der Waals surface area contributed by atoms with Crippen molar-refractivity contribution >= 4 is 37.3 Å². The molecule has 0 atom stereocenters. The van der Waals surface area contributed by atoms with Crippen LogP contribution in [0.3, 0.4) is 0 Å². The van der Waals surface area contributed by atoms with Crippen molar-refractivity contribution in [1.29, 1.82) is 0 Å². The van der Waals surface area contributed by atoms with E-state index in [1.807, 2.05) is 0 Å². The number of terminal acetylenes is 1. The predicted octanol–water partition coefficient (Wildman–Crippen LogP) is 2.62. The Labute approximate surface area is 153 Å². The molecule has 1 heterocycles. The van der Waals surface area contributed by atoms with E-state index in [0.717, 1.165) is 17.6 Å². The number of rotatable bonds is 3. The molecule has 0 spiro atoms. The molecule has 0 aliphatic carbocycles. The van der Waals surface area contributed by atoms with E-state index >= 15 is 0 Å². The molecule has 0 saturated heterocycles. The highest BCUT2D eigenvalue weighted by atomic mass is 32.2. The van der Waals surface area contributed by atoms with Gasteiger partial charge in [-0.1, -0.05) is 29.4 Å². The van der Waals surface area contributed by atoms with Crippen molar-refractivity contribution in [2.75, 3.05) is 6.26 Å². The zero-order valence-corrected chi connectivity index (χ0v) is 15.3. The van der Waals surface area contributed by atoms with E-state index in [2.05, 4.69) is 10.9 Å². The van der Waals surface area contributed by atoms with E-state index in [0.29, 0.717) is 10.2 Å². The number of hydrogen-bond acceptors (Lipinski definition) is 4. The molecule has 0 N–H and O–H groups in total. The van der Waals surface area contributed by atoms with Crippen molar-refractivity contribution in [3.63, 3.8) is 0 Å². The number of halogens is 1. The largest absolute Gasteiger partial charge is 0.305 e. The van der Waals surface area contributed by atoms with Gasteiger partial charge in [-0.05, 0) is 30.3 Å². The van der Waals surface area contributed by atoms with Crippen molar-refractivity contribution in [2.45, 2.75) is 11.4 Å². The zero-order valence-electron chi connectivity index (χ0n) is 13.6. The van der Waals surface area contributed by atoms with Crippen LogP contribution in [0.4, 0.5) is 4.39 Å². The van der Waals surface area contributed by atoms with Gasteiger partial charge in [-0.3, -0.25) is 4.79 Å². The summed E-state index contributed by atoms with van der Waals surface area (Å²) in [5.74, 6) is 1.36. The van der Waals surface area contributed by atoms with Crippen molar-refractivity contribution in [3.8, 4) is 12.3 Å². The van der Waals surface area contributed by atoms with E-state index in [-0.39, 0.29) is 21.8 Å². The van der Waals surface area contributed by atoms with Gasteiger partial charge in [0.2, 0.25) is 0 Å². The Morgan fingerprint density at radius 3 is 2.73 bits per heavy atom. The number of carbonyl (C=O) groups is 1. The van der Waals surface area contributed by atoms with Gasteiger partial charge in [0.15, 0.2) is 14.6 Å². The summed E-state index contributed by atoms with van der Waals surface area (Å²) in [5.41, 5.74) is 0.628. The SMILES string of the molecule is C#CCn1c(=NC(=O)c2ccccc2S(C)(=O)=O)sc2cc(F)ccc21. The lowest BCUT2D eigenvalue weighted by Crippen LogP contribution is -2.17. The normalized spacial score (nSPS) is 12.3. The summed E-state index contributed by atoms with van der Waals surface area (Å²) in [7, 11) is -3.59. The second kappa shape index (κ2) is 6.86. The Balaban J connectivity index is 2.22. The topological polar surface area (TPSA) is 68.5 Å². The third-order valence-corrected chi connectivity index (χ3v) is 5.80. The molecular formula is C18H13FN2O3S2. The molecule has 1 amide bonds. The number of sulfone groups is 1. The average molecular weight is 388 g/mol. The summed E-state index contributed by atoms with van der Waals surface area (Å²) in [5, 5.41) is 0. The Morgan fingerprint density at radius 1 is 1.31 bits per heavy atom. The van der Waals surface area contributed by atoms with Gasteiger partial charge in [0.1, 0.15) is 5.82 Å². The standard InChI is InChI=1S/C18H13FN2O3S2/c1-3-10-21-14-9-8-12(19)11-15(14)25-18(21)20-17(22)13-6-4-5-7-16(13)26(2,23)24/h1,4-9,11H,10H2,2H3. The van der Waals surface area contributed by atoms with Gasteiger partial charge >= 0.3 is 0 Å². The van der Waals surface area contributed by atoms with Crippen LogP contribution in [0.25, 0.3) is 10.2 Å². The maximum atomic E-state index is 13.5. The summed E-state index contributed by atoms with van der Waals surface area (Å²) >= 11 is 1.10. The molecule has 2 aromatic carbocycles. The monoisotopic (exact) mass is 388 g/mol. The number of nitrogens with zero attached hydrogens (tertiary/aromatic N) is 2. The number of fused-ring (bicyclic) bond motifs is 1. The van der Waals surface area contributed by atoms with Crippen molar-refractivity contribution < 1.29 is 17.6 Å². The smallest absolute Gasteiger partial charge is 0.280 e. The first kappa shape index (κ1) is 18.0. The van der Waals surface area contributed by atoms with E-state index in [1.54, 1.807) is 16.7 Å². The van der Waals surface area contributed by atoms with Crippen LogP contribution < -0.4 is 4.80 Å². The van der Waals surface area contributed by atoms with Gasteiger partial charge in [-0.15, -0.1) is 6.42 Å². The molecule has 0 aliphatic rings. The van der Waals surface area contributed by atoms with Gasteiger partial charge in [-0.25, -0.2) is 12.8 Å². The molecular weight excluding hydrogens is 375 g/mol. The minimum atomic E-state index is -3.59. The lowest BCUT2D eigenvalue weighted by atomic mass is 10.2. The summed E-state index contributed by atoms with van der Waals surface area (Å²) in [6.07, 6.45) is 6.41. The molecule has 0 unspecified atom stereocenters. The fraction of sp³-hybridized carbons (Fsp3) is 0.111. The van der Waals surface area contributed by atoms with Crippen LogP contribution >= 0.6 is 11.3 Å². The van der Waals surface area contributed by atoms with Gasteiger partial charge in [-0.2, -0.15) is 4.99 Å². The van der Waals surface area contributed by atoms with E-state index < -0.39 is 21.6 Å². The first-order valence-corrected chi connectivity index (χ1v) is 10.1. The van der Waals surface area contributed by atoms with Crippen molar-refractivity contribution in [3.05, 3.63) is 58.6 Å². The second-order valence-electron chi connectivity index (χ2n) is 5.47. The molecule has 3 rings (SSSR count). The predicted molar refractivity (Wildman–Crippen MR) is 98.1 cm³/mol. The van der Waals surface area contributed by atoms with Crippen molar-refractivity contribution in [1.82, 2.24) is 4.57 Å². The lowest BCUT2D eigenvalue weighted by molar-refractivity contribution is 0.0994. The molecule has 1 aromatic heterocycles. The minimum Gasteiger partial charge on any atom is -0.305 e. The van der Waals surface area contributed by atoms with Crippen LogP contribution in [-0.2, 0) is 16.4 Å². The van der Waals surface area contributed by atoms with Crippen molar-refractivity contribution in [2.24, 2.45) is 4.99 Å². The van der Waals surface area contributed by atoms with E-state index in [9.17, 15) is 17.6 Å². The van der Waals surface area contributed by atoms with Crippen LogP contribution in [0.5, 0.6) is 0 Å². The molecule has 0 aliphatic heterocycles. The van der Waals surface area contributed by atoms with Gasteiger partial charge in [0.05, 0.1) is 27.2 Å². The fourth-order valence-electron chi connectivity index (χ4n) is 2.49. The third-order valence-electron chi connectivity index (χ3n) is 3.61. The summed E-state index contributed by atoms with van der Waals surface area (Å²) in [6, 6.07) is 10.1. The van der Waals surface area contributed by atoms with Crippen LogP contribution in [0, 0.1) is 18.2 Å². The number of benzene rings is 2. The third kappa shape index (κ3) is 3.45. The first-order chi connectivity index (χ1) is 12.3. The molecule has 0 bridgehead atoms. The molecule has 26 heavy (non-hydrogen) atoms. The maximum absolute atomic E-state index is 13.5. The minimum absolute atomic E-state index is 0.0223. The van der Waals surface area contributed by atoms with Gasteiger partial charge < -0.3 is 4.57 Å². The van der Waals surface area contributed by atoms with Crippen LogP contribution in [-0.4, -0.2) is 25.1 Å². The van der Waals surface area contributed by atoms with Crippen LogP contribution in [0.2, 0.25) is 0 Å². The van der Waals surface area contributed by atoms with Gasteiger partial charge in [0.25, 0.3) is 5.91 Å². The molecule has 0 radical (unpaired) electrons. The van der Waals surface area contributed by atoms with Crippen LogP contribution in [0.1, 0.15) is 10.4 Å². The van der Waals surface area contributed by atoms with Gasteiger partial charge in [0, 0.05) is 6.26 Å². The number of carbonyl (C=O) groups excluding carboxylic acids is 1. The zero-order chi connectivity index (χ0) is 18.9. The highest BCUT2D eigenvalue weighted by molar-refractivity contribution is 7.90. The number of aromatic nitrogens is 1. The number of amides is 1. The van der Waals surface area contributed by atoms with E-state index in [4.69, 9.17) is 6.42 Å². The lowest BCUT2D eigenvalue weighted by Gasteiger charge is -2.04. The quantitative estimate of drug-likeness (QED) is 0.648. The summed E-state index contributed by atoms with van der Waals surface area (Å²) in [4.78, 5) is 16.8. The fourth-order valence-corrected chi connectivity index (χ4v) is 4.42. The number of thiazole rings is 1. The highest BCUT2D eigenvalue weighted by Gasteiger charge is 2.18. The van der Waals surface area contributed by atoms with Crippen LogP contribution in [0.15, 0.2) is 52.4 Å². The van der Waals surface area contributed by atoms with E-state index in [1.165, 1.54) is 30.3 Å². The highest BCUT2D eigenvalue weighted by Crippen LogP contribution is 2.20. The summed E-state index contributed by atoms with van der Waals surface area (Å²) in [6.45, 7) is 0.144. The average Bonchev–Trinajstić information content (AvgIpc) is 2.91.